The maximum absolute atomic E-state index is 12.4. The Morgan fingerprint density at radius 3 is 2.54 bits per heavy atom. The lowest BCUT2D eigenvalue weighted by Crippen LogP contribution is -2.24. The van der Waals surface area contributed by atoms with Gasteiger partial charge in [-0.05, 0) is 48.6 Å². The second-order valence-corrected chi connectivity index (χ2v) is 8.78. The molecule has 0 bridgehead atoms. The summed E-state index contributed by atoms with van der Waals surface area (Å²) in [5.41, 5.74) is 4.51. The number of fused-ring (bicyclic) bond motifs is 1. The van der Waals surface area contributed by atoms with E-state index in [1.165, 1.54) is 11.3 Å². The molecule has 1 aliphatic heterocycles. The molecule has 0 aliphatic carbocycles. The topological polar surface area (TPSA) is 62.3 Å². The van der Waals surface area contributed by atoms with E-state index in [1.54, 1.807) is 12.3 Å². The van der Waals surface area contributed by atoms with Crippen LogP contribution in [0.1, 0.15) is 17.5 Å². The van der Waals surface area contributed by atoms with Crippen LogP contribution in [0.4, 0.5) is 17.2 Å². The van der Waals surface area contributed by atoms with Crippen molar-refractivity contribution in [3.63, 3.8) is 0 Å². The highest BCUT2D eigenvalue weighted by Gasteiger charge is 2.18. The van der Waals surface area contributed by atoms with Crippen molar-refractivity contribution in [2.45, 2.75) is 19.3 Å². The SMILES string of the molecule is O=S(=O)(CCc1ccccc1)Nc1ccc(N2CCCc3ccccc32)cn1. The van der Waals surface area contributed by atoms with Gasteiger partial charge in [0.1, 0.15) is 5.82 Å². The van der Waals surface area contributed by atoms with Crippen LogP contribution >= 0.6 is 0 Å². The summed E-state index contributed by atoms with van der Waals surface area (Å²) in [7, 11) is -3.45. The molecule has 144 valence electrons. The second-order valence-electron chi connectivity index (χ2n) is 6.94. The first-order chi connectivity index (χ1) is 13.6. The minimum atomic E-state index is -3.45. The van der Waals surface area contributed by atoms with Crippen LogP contribution in [0.15, 0.2) is 72.9 Å². The van der Waals surface area contributed by atoms with Crippen LogP contribution in [0.3, 0.4) is 0 Å². The molecule has 0 unspecified atom stereocenters. The van der Waals surface area contributed by atoms with E-state index in [2.05, 4.69) is 32.8 Å². The zero-order valence-corrected chi connectivity index (χ0v) is 16.4. The molecule has 3 aromatic rings. The zero-order chi connectivity index (χ0) is 19.4. The van der Waals surface area contributed by atoms with Gasteiger partial charge in [-0.1, -0.05) is 48.5 Å². The molecule has 5 nitrogen and oxygen atoms in total. The molecule has 1 aromatic heterocycles. The summed E-state index contributed by atoms with van der Waals surface area (Å²) in [4.78, 5) is 6.57. The molecule has 1 aliphatic rings. The summed E-state index contributed by atoms with van der Waals surface area (Å²) in [5, 5.41) is 0. The number of aromatic nitrogens is 1. The minimum absolute atomic E-state index is 0.0277. The number of pyridine rings is 1. The van der Waals surface area contributed by atoms with Crippen molar-refractivity contribution in [3.8, 4) is 0 Å². The number of sulfonamides is 1. The van der Waals surface area contributed by atoms with Gasteiger partial charge in [-0.15, -0.1) is 0 Å². The van der Waals surface area contributed by atoms with Gasteiger partial charge < -0.3 is 4.90 Å². The van der Waals surface area contributed by atoms with Crippen LogP contribution in [0.5, 0.6) is 0 Å². The highest BCUT2D eigenvalue weighted by atomic mass is 32.2. The molecular weight excluding hydrogens is 370 g/mol. The quantitative estimate of drug-likeness (QED) is 0.683. The van der Waals surface area contributed by atoms with E-state index < -0.39 is 10.0 Å². The number of nitrogens with one attached hydrogen (secondary N) is 1. The van der Waals surface area contributed by atoms with Crippen LogP contribution in [0.2, 0.25) is 0 Å². The van der Waals surface area contributed by atoms with Gasteiger partial charge in [-0.2, -0.15) is 0 Å². The number of anilines is 3. The van der Waals surface area contributed by atoms with Gasteiger partial charge in [0.05, 0.1) is 17.6 Å². The summed E-state index contributed by atoms with van der Waals surface area (Å²) >= 11 is 0. The monoisotopic (exact) mass is 393 g/mol. The average Bonchev–Trinajstić information content (AvgIpc) is 2.73. The van der Waals surface area contributed by atoms with Crippen molar-refractivity contribution in [3.05, 3.63) is 84.1 Å². The average molecular weight is 394 g/mol. The fourth-order valence-electron chi connectivity index (χ4n) is 3.52. The van der Waals surface area contributed by atoms with Crippen molar-refractivity contribution in [1.29, 1.82) is 0 Å². The molecule has 2 heterocycles. The van der Waals surface area contributed by atoms with Gasteiger partial charge in [0.15, 0.2) is 0 Å². The largest absolute Gasteiger partial charge is 0.340 e. The van der Waals surface area contributed by atoms with Crippen molar-refractivity contribution in [2.75, 3.05) is 21.9 Å². The Balaban J connectivity index is 1.44. The summed E-state index contributed by atoms with van der Waals surface area (Å²) in [6.45, 7) is 0.931. The van der Waals surface area contributed by atoms with Crippen LogP contribution in [-0.2, 0) is 22.9 Å². The van der Waals surface area contributed by atoms with Crippen molar-refractivity contribution >= 4 is 27.2 Å². The van der Waals surface area contributed by atoms with Gasteiger partial charge in [-0.25, -0.2) is 13.4 Å². The number of benzene rings is 2. The summed E-state index contributed by atoms with van der Waals surface area (Å²) < 4.78 is 27.3. The number of rotatable bonds is 6. The molecule has 0 amide bonds. The standard InChI is InChI=1S/C22H23N3O2S/c26-28(27,16-14-18-7-2-1-3-8-18)24-22-13-12-20(17-23-22)25-15-6-10-19-9-4-5-11-21(19)25/h1-5,7-9,11-13,17H,6,10,14-16H2,(H,23,24). The normalized spacial score (nSPS) is 13.8. The van der Waals surface area contributed by atoms with Crippen molar-refractivity contribution in [2.24, 2.45) is 0 Å². The Labute approximate surface area is 166 Å². The molecule has 0 radical (unpaired) electrons. The molecule has 28 heavy (non-hydrogen) atoms. The maximum Gasteiger partial charge on any atom is 0.234 e. The zero-order valence-electron chi connectivity index (χ0n) is 15.6. The predicted molar refractivity (Wildman–Crippen MR) is 114 cm³/mol. The molecular formula is C22H23N3O2S. The number of aryl methyl sites for hydroxylation is 2. The van der Waals surface area contributed by atoms with Gasteiger partial charge >= 0.3 is 0 Å². The third-order valence-corrected chi connectivity index (χ3v) is 6.19. The number of para-hydroxylation sites is 1. The van der Waals surface area contributed by atoms with E-state index in [9.17, 15) is 8.42 Å². The summed E-state index contributed by atoms with van der Waals surface area (Å²) in [6, 6.07) is 21.6. The first kappa shape index (κ1) is 18.5. The van der Waals surface area contributed by atoms with E-state index in [1.807, 2.05) is 42.5 Å². The molecule has 6 heteroatoms. The summed E-state index contributed by atoms with van der Waals surface area (Å²) in [6.07, 6.45) is 4.38. The van der Waals surface area contributed by atoms with E-state index in [-0.39, 0.29) is 5.75 Å². The molecule has 1 N–H and O–H groups in total. The van der Waals surface area contributed by atoms with Crippen LogP contribution in [0.25, 0.3) is 0 Å². The third-order valence-electron chi connectivity index (χ3n) is 4.93. The fourth-order valence-corrected chi connectivity index (χ4v) is 4.56. The van der Waals surface area contributed by atoms with Crippen molar-refractivity contribution < 1.29 is 8.42 Å². The highest BCUT2D eigenvalue weighted by Crippen LogP contribution is 2.33. The Morgan fingerprint density at radius 1 is 0.964 bits per heavy atom. The molecule has 0 saturated heterocycles. The molecule has 2 aromatic carbocycles. The highest BCUT2D eigenvalue weighted by molar-refractivity contribution is 7.92. The molecule has 0 atom stereocenters. The Morgan fingerprint density at radius 2 is 1.75 bits per heavy atom. The van der Waals surface area contributed by atoms with Gasteiger partial charge in [-0.3, -0.25) is 4.72 Å². The number of hydrogen-bond donors (Lipinski definition) is 1. The molecule has 0 spiro atoms. The lowest BCUT2D eigenvalue weighted by atomic mass is 10.0. The Hall–Kier alpha value is -2.86. The maximum atomic E-state index is 12.4. The van der Waals surface area contributed by atoms with Crippen LogP contribution in [0, 0.1) is 0 Å². The van der Waals surface area contributed by atoms with E-state index in [4.69, 9.17) is 0 Å². The van der Waals surface area contributed by atoms with Gasteiger partial charge in [0, 0.05) is 12.2 Å². The molecule has 0 saturated carbocycles. The smallest absolute Gasteiger partial charge is 0.234 e. The lowest BCUT2D eigenvalue weighted by molar-refractivity contribution is 0.600. The molecule has 4 rings (SSSR count). The van der Waals surface area contributed by atoms with Crippen LogP contribution in [-0.4, -0.2) is 25.7 Å². The predicted octanol–water partition coefficient (Wildman–Crippen LogP) is 4.15. The van der Waals surface area contributed by atoms with Crippen molar-refractivity contribution in [1.82, 2.24) is 4.98 Å². The Bertz CT molecular complexity index is 1030. The first-order valence-electron chi connectivity index (χ1n) is 9.47. The first-order valence-corrected chi connectivity index (χ1v) is 11.1. The molecule has 0 fully saturated rings. The number of nitrogens with zero attached hydrogens (tertiary/aromatic N) is 2. The lowest BCUT2D eigenvalue weighted by Gasteiger charge is -2.31. The fraction of sp³-hybridized carbons (Fsp3) is 0.227. The van der Waals surface area contributed by atoms with E-state index in [0.29, 0.717) is 12.2 Å². The Kier molecular flexibility index (Phi) is 5.30. The second kappa shape index (κ2) is 8.02. The third kappa shape index (κ3) is 4.34. The minimum Gasteiger partial charge on any atom is -0.340 e. The summed E-state index contributed by atoms with van der Waals surface area (Å²) in [5.74, 6) is 0.377. The number of hydrogen-bond acceptors (Lipinski definition) is 4. The van der Waals surface area contributed by atoms with E-state index in [0.717, 1.165) is 30.6 Å². The van der Waals surface area contributed by atoms with E-state index >= 15 is 0 Å². The van der Waals surface area contributed by atoms with Gasteiger partial charge in [0.25, 0.3) is 0 Å². The van der Waals surface area contributed by atoms with Gasteiger partial charge in [0.2, 0.25) is 10.0 Å². The van der Waals surface area contributed by atoms with Crippen LogP contribution < -0.4 is 9.62 Å².